The number of nitrogens with zero attached hydrogens (tertiary/aromatic N) is 2. The molecule has 106 valence electrons. The normalized spacial score (nSPS) is 21.3. The quantitative estimate of drug-likeness (QED) is 0.792. The van der Waals surface area contributed by atoms with Crippen molar-refractivity contribution in [3.63, 3.8) is 0 Å². The van der Waals surface area contributed by atoms with Gasteiger partial charge in [-0.15, -0.1) is 5.10 Å². The van der Waals surface area contributed by atoms with Crippen LogP contribution in [0, 0.1) is 0 Å². The summed E-state index contributed by atoms with van der Waals surface area (Å²) in [5, 5.41) is 11.8. The van der Waals surface area contributed by atoms with Crippen LogP contribution >= 0.6 is 0 Å². The summed E-state index contributed by atoms with van der Waals surface area (Å²) in [5.41, 5.74) is 0. The van der Waals surface area contributed by atoms with Gasteiger partial charge in [-0.2, -0.15) is 0 Å². The molecule has 8 nitrogen and oxygen atoms in total. The molecule has 1 fully saturated rings. The molecule has 9 heteroatoms. The third-order valence-corrected chi connectivity index (χ3v) is 4.54. The van der Waals surface area contributed by atoms with Gasteiger partial charge < -0.3 is 9.73 Å². The van der Waals surface area contributed by atoms with Gasteiger partial charge in [-0.1, -0.05) is 5.10 Å². The van der Waals surface area contributed by atoms with Gasteiger partial charge in [0, 0.05) is 6.26 Å². The molecule has 1 saturated heterocycles. The Bertz CT molecular complexity index is 562. The van der Waals surface area contributed by atoms with E-state index in [1.807, 2.05) is 0 Å². The molecule has 19 heavy (non-hydrogen) atoms. The zero-order valence-corrected chi connectivity index (χ0v) is 11.5. The second kappa shape index (κ2) is 5.25. The first kappa shape index (κ1) is 13.9. The lowest BCUT2D eigenvalue weighted by atomic mass is 10.2. The highest BCUT2D eigenvalue weighted by molar-refractivity contribution is 7.92. The molecule has 0 saturated carbocycles. The number of aromatic nitrogens is 2. The van der Waals surface area contributed by atoms with Gasteiger partial charge in [0.05, 0.1) is 6.04 Å². The predicted octanol–water partition coefficient (Wildman–Crippen LogP) is -0.134. The van der Waals surface area contributed by atoms with Gasteiger partial charge in [-0.3, -0.25) is 10.1 Å². The highest BCUT2D eigenvalue weighted by Crippen LogP contribution is 2.22. The van der Waals surface area contributed by atoms with E-state index in [2.05, 4.69) is 20.8 Å². The fraction of sp³-hybridized carbons (Fsp3) is 0.700. The Kier molecular flexibility index (Phi) is 3.85. The van der Waals surface area contributed by atoms with Crippen molar-refractivity contribution in [1.29, 1.82) is 0 Å². The molecule has 2 unspecified atom stereocenters. The van der Waals surface area contributed by atoms with Crippen molar-refractivity contribution in [2.24, 2.45) is 0 Å². The number of anilines is 1. The van der Waals surface area contributed by atoms with Gasteiger partial charge in [0.25, 0.3) is 0 Å². The van der Waals surface area contributed by atoms with Crippen LogP contribution in [0.3, 0.4) is 0 Å². The van der Waals surface area contributed by atoms with Crippen LogP contribution in [0.4, 0.5) is 6.01 Å². The van der Waals surface area contributed by atoms with Crippen molar-refractivity contribution in [2.75, 3.05) is 18.1 Å². The number of hydrogen-bond acceptors (Lipinski definition) is 7. The van der Waals surface area contributed by atoms with E-state index in [-0.39, 0.29) is 12.1 Å². The molecule has 1 amide bonds. The molecule has 2 N–H and O–H groups in total. The second-order valence-corrected chi connectivity index (χ2v) is 6.92. The fourth-order valence-corrected chi connectivity index (χ4v) is 2.17. The van der Waals surface area contributed by atoms with Crippen molar-refractivity contribution in [2.45, 2.75) is 31.1 Å². The summed E-state index contributed by atoms with van der Waals surface area (Å²) in [4.78, 5) is 11.7. The molecule has 0 aromatic carbocycles. The van der Waals surface area contributed by atoms with Gasteiger partial charge in [0.2, 0.25) is 11.8 Å². The van der Waals surface area contributed by atoms with Gasteiger partial charge in [-0.25, -0.2) is 8.42 Å². The van der Waals surface area contributed by atoms with Crippen molar-refractivity contribution in [3.05, 3.63) is 5.89 Å². The van der Waals surface area contributed by atoms with Crippen LogP contribution in [0.15, 0.2) is 4.42 Å². The minimum Gasteiger partial charge on any atom is -0.406 e. The van der Waals surface area contributed by atoms with Crippen LogP contribution in [0.5, 0.6) is 0 Å². The third kappa shape index (κ3) is 3.29. The molecule has 0 bridgehead atoms. The summed E-state index contributed by atoms with van der Waals surface area (Å²) < 4.78 is 27.8. The van der Waals surface area contributed by atoms with Crippen LogP contribution in [0.1, 0.15) is 31.7 Å². The zero-order valence-electron chi connectivity index (χ0n) is 10.7. The minimum atomic E-state index is -3.45. The molecular weight excluding hydrogens is 272 g/mol. The molecule has 0 spiro atoms. The number of rotatable bonds is 4. The lowest BCUT2D eigenvalue weighted by molar-refractivity contribution is -0.115. The average Bonchev–Trinajstić information content (AvgIpc) is 2.95. The number of hydrogen-bond donors (Lipinski definition) is 2. The van der Waals surface area contributed by atoms with Gasteiger partial charge in [-0.05, 0) is 26.3 Å². The number of sulfone groups is 1. The Morgan fingerprint density at radius 1 is 1.53 bits per heavy atom. The Labute approximate surface area is 110 Å². The monoisotopic (exact) mass is 288 g/mol. The summed E-state index contributed by atoms with van der Waals surface area (Å²) in [6.45, 7) is 2.19. The molecule has 2 atom stereocenters. The van der Waals surface area contributed by atoms with Crippen LogP contribution in [0.25, 0.3) is 0 Å². The summed E-state index contributed by atoms with van der Waals surface area (Å²) >= 11 is 0. The van der Waals surface area contributed by atoms with E-state index in [1.54, 1.807) is 0 Å². The van der Waals surface area contributed by atoms with Crippen LogP contribution in [-0.2, 0) is 14.6 Å². The van der Waals surface area contributed by atoms with Crippen molar-refractivity contribution >= 4 is 21.8 Å². The maximum Gasteiger partial charge on any atom is 0.322 e. The van der Waals surface area contributed by atoms with E-state index in [4.69, 9.17) is 4.42 Å². The van der Waals surface area contributed by atoms with E-state index in [0.29, 0.717) is 5.89 Å². The van der Waals surface area contributed by atoms with Crippen LogP contribution < -0.4 is 10.6 Å². The molecule has 1 aliphatic rings. The lowest BCUT2D eigenvalue weighted by Crippen LogP contribution is -2.31. The van der Waals surface area contributed by atoms with Crippen LogP contribution in [-0.4, -0.2) is 42.6 Å². The van der Waals surface area contributed by atoms with Crippen molar-refractivity contribution < 1.29 is 17.6 Å². The van der Waals surface area contributed by atoms with Gasteiger partial charge >= 0.3 is 6.01 Å². The Morgan fingerprint density at radius 2 is 2.26 bits per heavy atom. The fourth-order valence-electron chi connectivity index (χ4n) is 1.72. The predicted molar refractivity (Wildman–Crippen MR) is 67.2 cm³/mol. The first-order valence-electron chi connectivity index (χ1n) is 5.94. The number of carbonyl (C=O) groups is 1. The first-order valence-corrected chi connectivity index (χ1v) is 7.90. The maximum atomic E-state index is 11.7. The molecule has 0 radical (unpaired) electrons. The molecule has 0 aliphatic carbocycles. The summed E-state index contributed by atoms with van der Waals surface area (Å²) in [6, 6.07) is -0.0744. The minimum absolute atomic E-state index is 0.00508. The molecule has 1 aromatic rings. The smallest absolute Gasteiger partial charge is 0.322 e. The zero-order chi connectivity index (χ0) is 14.0. The average molecular weight is 288 g/mol. The Morgan fingerprint density at radius 3 is 2.84 bits per heavy atom. The van der Waals surface area contributed by atoms with Gasteiger partial charge in [0.1, 0.15) is 5.25 Å². The SMILES string of the molecule is CC(C(=O)Nc1nnc(C2CCCN2)o1)S(C)(=O)=O. The summed E-state index contributed by atoms with van der Waals surface area (Å²) in [6.07, 6.45) is 2.92. The van der Waals surface area contributed by atoms with Crippen molar-refractivity contribution in [1.82, 2.24) is 15.5 Å². The van der Waals surface area contributed by atoms with E-state index in [0.717, 1.165) is 25.6 Å². The number of carbonyl (C=O) groups excluding carboxylic acids is 1. The second-order valence-electron chi connectivity index (χ2n) is 4.56. The maximum absolute atomic E-state index is 11.7. The van der Waals surface area contributed by atoms with E-state index in [1.165, 1.54) is 6.92 Å². The van der Waals surface area contributed by atoms with E-state index >= 15 is 0 Å². The summed E-state index contributed by atoms with van der Waals surface area (Å²) in [5.74, 6) is -0.281. The topological polar surface area (TPSA) is 114 Å². The third-order valence-electron chi connectivity index (χ3n) is 3.04. The Balaban J connectivity index is 2.02. The molecule has 2 heterocycles. The lowest BCUT2D eigenvalue weighted by Gasteiger charge is -2.07. The van der Waals surface area contributed by atoms with Crippen LogP contribution in [0.2, 0.25) is 0 Å². The standard InChI is InChI=1S/C10H16N4O4S/c1-6(19(2,16)17)8(15)12-10-14-13-9(18-10)7-4-3-5-11-7/h6-7,11H,3-5H2,1-2H3,(H,12,14,15). The van der Waals surface area contributed by atoms with Crippen molar-refractivity contribution in [3.8, 4) is 0 Å². The number of amides is 1. The largest absolute Gasteiger partial charge is 0.406 e. The molecule has 1 aliphatic heterocycles. The van der Waals surface area contributed by atoms with E-state index < -0.39 is 21.0 Å². The molecular formula is C10H16N4O4S. The first-order chi connectivity index (χ1) is 8.88. The number of nitrogens with one attached hydrogen (secondary N) is 2. The highest BCUT2D eigenvalue weighted by atomic mass is 32.2. The van der Waals surface area contributed by atoms with E-state index in [9.17, 15) is 13.2 Å². The van der Waals surface area contributed by atoms with Gasteiger partial charge in [0.15, 0.2) is 9.84 Å². The molecule has 1 aromatic heterocycles. The summed E-state index contributed by atoms with van der Waals surface area (Å²) in [7, 11) is -3.45. The highest BCUT2D eigenvalue weighted by Gasteiger charge is 2.26. The Hall–Kier alpha value is -1.48. The molecule has 2 rings (SSSR count).